The van der Waals surface area contributed by atoms with E-state index in [4.69, 9.17) is 14.2 Å². The molecule has 138 valence electrons. The zero-order valence-electron chi connectivity index (χ0n) is 14.2. The number of ether oxygens (including phenoxy) is 3. The molecule has 0 unspecified atom stereocenters. The standard InChI is InChI=1S/C17H18N2O6S/c1-18-17(20)11-3-5-14(23-2)13(9-11)19-26(21,22)12-4-6-15-16(10-12)25-8-7-24-15/h3-6,9-10,19H,7-8H2,1-2H3,(H,18,20). The van der Waals surface area contributed by atoms with Crippen LogP contribution in [0.25, 0.3) is 0 Å². The van der Waals surface area contributed by atoms with Gasteiger partial charge in [-0.05, 0) is 30.3 Å². The lowest BCUT2D eigenvalue weighted by atomic mass is 10.2. The maximum Gasteiger partial charge on any atom is 0.262 e. The molecule has 0 saturated carbocycles. The van der Waals surface area contributed by atoms with E-state index in [2.05, 4.69) is 10.0 Å². The van der Waals surface area contributed by atoms with Crippen LogP contribution in [0.2, 0.25) is 0 Å². The maximum absolute atomic E-state index is 12.7. The number of rotatable bonds is 5. The van der Waals surface area contributed by atoms with E-state index in [-0.39, 0.29) is 16.5 Å². The Balaban J connectivity index is 1.95. The monoisotopic (exact) mass is 378 g/mol. The number of hydrogen-bond donors (Lipinski definition) is 2. The third kappa shape index (κ3) is 3.52. The SMILES string of the molecule is CNC(=O)c1ccc(OC)c(NS(=O)(=O)c2ccc3c(c2)OCCO3)c1. The molecule has 8 nitrogen and oxygen atoms in total. The highest BCUT2D eigenvalue weighted by Gasteiger charge is 2.21. The molecule has 0 radical (unpaired) electrons. The van der Waals surface area contributed by atoms with Gasteiger partial charge in [0.2, 0.25) is 0 Å². The summed E-state index contributed by atoms with van der Waals surface area (Å²) in [5.41, 5.74) is 0.455. The molecule has 3 rings (SSSR count). The first-order chi connectivity index (χ1) is 12.4. The van der Waals surface area contributed by atoms with Crippen molar-refractivity contribution < 1.29 is 27.4 Å². The fourth-order valence-corrected chi connectivity index (χ4v) is 3.54. The van der Waals surface area contributed by atoms with Gasteiger partial charge in [0.15, 0.2) is 11.5 Å². The van der Waals surface area contributed by atoms with Gasteiger partial charge in [0.1, 0.15) is 19.0 Å². The minimum atomic E-state index is -3.93. The highest BCUT2D eigenvalue weighted by Crippen LogP contribution is 2.34. The summed E-state index contributed by atoms with van der Waals surface area (Å²) in [6.45, 7) is 0.771. The highest BCUT2D eigenvalue weighted by molar-refractivity contribution is 7.92. The Morgan fingerprint density at radius 1 is 1.08 bits per heavy atom. The van der Waals surface area contributed by atoms with Gasteiger partial charge in [0.25, 0.3) is 15.9 Å². The van der Waals surface area contributed by atoms with E-state index in [9.17, 15) is 13.2 Å². The van der Waals surface area contributed by atoms with Crippen LogP contribution in [-0.2, 0) is 10.0 Å². The van der Waals surface area contributed by atoms with Crippen LogP contribution in [0.4, 0.5) is 5.69 Å². The summed E-state index contributed by atoms with van der Waals surface area (Å²) in [5, 5.41) is 2.49. The molecule has 1 aliphatic heterocycles. The van der Waals surface area contributed by atoms with Crippen molar-refractivity contribution in [3.05, 3.63) is 42.0 Å². The lowest BCUT2D eigenvalue weighted by Crippen LogP contribution is -2.19. The van der Waals surface area contributed by atoms with Crippen LogP contribution >= 0.6 is 0 Å². The third-order valence-electron chi connectivity index (χ3n) is 3.76. The quantitative estimate of drug-likeness (QED) is 0.820. The second-order valence-electron chi connectivity index (χ2n) is 5.41. The molecule has 1 heterocycles. The van der Waals surface area contributed by atoms with Gasteiger partial charge in [-0.25, -0.2) is 8.42 Å². The fourth-order valence-electron chi connectivity index (χ4n) is 2.47. The second-order valence-corrected chi connectivity index (χ2v) is 7.09. The van der Waals surface area contributed by atoms with E-state index in [0.29, 0.717) is 36.0 Å². The van der Waals surface area contributed by atoms with Crippen LogP contribution in [0, 0.1) is 0 Å². The predicted octanol–water partition coefficient (Wildman–Crippen LogP) is 1.63. The number of carbonyl (C=O) groups is 1. The van der Waals surface area contributed by atoms with Gasteiger partial charge in [-0.2, -0.15) is 0 Å². The molecule has 0 fully saturated rings. The van der Waals surface area contributed by atoms with Crippen molar-refractivity contribution in [2.24, 2.45) is 0 Å². The number of sulfonamides is 1. The molecule has 1 aliphatic rings. The smallest absolute Gasteiger partial charge is 0.262 e. The van der Waals surface area contributed by atoms with Gasteiger partial charge in [0.05, 0.1) is 17.7 Å². The zero-order chi connectivity index (χ0) is 18.7. The minimum absolute atomic E-state index is 0.00847. The van der Waals surface area contributed by atoms with Crippen LogP contribution < -0.4 is 24.2 Å². The van der Waals surface area contributed by atoms with Crippen LogP contribution in [0.15, 0.2) is 41.3 Å². The molecule has 9 heteroatoms. The summed E-state index contributed by atoms with van der Waals surface area (Å²) < 4.78 is 43.9. The predicted molar refractivity (Wildman–Crippen MR) is 94.6 cm³/mol. The first-order valence-electron chi connectivity index (χ1n) is 7.77. The summed E-state index contributed by atoms with van der Waals surface area (Å²) in [5.74, 6) is 0.811. The normalized spacial score (nSPS) is 13.0. The Kier molecular flexibility index (Phi) is 4.90. The van der Waals surface area contributed by atoms with Gasteiger partial charge in [-0.1, -0.05) is 0 Å². The third-order valence-corrected chi connectivity index (χ3v) is 5.12. The summed E-state index contributed by atoms with van der Waals surface area (Å²) in [4.78, 5) is 11.8. The van der Waals surface area contributed by atoms with Crippen molar-refractivity contribution in [3.8, 4) is 17.2 Å². The van der Waals surface area contributed by atoms with Crippen molar-refractivity contribution in [2.45, 2.75) is 4.90 Å². The molecule has 0 atom stereocenters. The van der Waals surface area contributed by atoms with Gasteiger partial charge >= 0.3 is 0 Å². The Labute approximate surface area is 151 Å². The zero-order valence-corrected chi connectivity index (χ0v) is 15.1. The Morgan fingerprint density at radius 2 is 1.81 bits per heavy atom. The molecule has 26 heavy (non-hydrogen) atoms. The summed E-state index contributed by atoms with van der Waals surface area (Å²) in [7, 11) is -1.02. The molecule has 0 saturated heterocycles. The Morgan fingerprint density at radius 3 is 2.50 bits per heavy atom. The van der Waals surface area contributed by atoms with E-state index in [0.717, 1.165) is 0 Å². The average molecular weight is 378 g/mol. The van der Waals surface area contributed by atoms with Crippen LogP contribution in [0.1, 0.15) is 10.4 Å². The molecule has 0 spiro atoms. The topological polar surface area (TPSA) is 103 Å². The molecule has 0 aliphatic carbocycles. The molecule has 2 aromatic rings. The molecular weight excluding hydrogens is 360 g/mol. The summed E-state index contributed by atoms with van der Waals surface area (Å²) >= 11 is 0. The van der Waals surface area contributed by atoms with Crippen molar-refractivity contribution >= 4 is 21.6 Å². The first kappa shape index (κ1) is 17.9. The Bertz CT molecular complexity index is 942. The van der Waals surface area contributed by atoms with Gasteiger partial charge < -0.3 is 19.5 Å². The largest absolute Gasteiger partial charge is 0.495 e. The number of benzene rings is 2. The van der Waals surface area contributed by atoms with Gasteiger partial charge in [-0.3, -0.25) is 9.52 Å². The second kappa shape index (κ2) is 7.12. The van der Waals surface area contributed by atoms with Crippen LogP contribution in [0.3, 0.4) is 0 Å². The molecule has 0 bridgehead atoms. The van der Waals surface area contributed by atoms with E-state index in [1.807, 2.05) is 0 Å². The molecule has 2 aromatic carbocycles. The van der Waals surface area contributed by atoms with Crippen molar-refractivity contribution in [1.29, 1.82) is 0 Å². The number of anilines is 1. The lowest BCUT2D eigenvalue weighted by Gasteiger charge is -2.19. The minimum Gasteiger partial charge on any atom is -0.495 e. The highest BCUT2D eigenvalue weighted by atomic mass is 32.2. The Hall–Kier alpha value is -2.94. The number of hydrogen-bond acceptors (Lipinski definition) is 6. The number of amides is 1. The lowest BCUT2D eigenvalue weighted by molar-refractivity contribution is 0.0963. The molecular formula is C17H18N2O6S. The summed E-state index contributed by atoms with van der Waals surface area (Å²) in [6, 6.07) is 8.83. The number of fused-ring (bicyclic) bond motifs is 1. The van der Waals surface area contributed by atoms with Crippen LogP contribution in [0.5, 0.6) is 17.2 Å². The summed E-state index contributed by atoms with van der Waals surface area (Å²) in [6.07, 6.45) is 0. The molecule has 0 aromatic heterocycles. The average Bonchev–Trinajstić information content (AvgIpc) is 2.66. The number of carbonyl (C=O) groups excluding carboxylic acids is 1. The number of nitrogens with one attached hydrogen (secondary N) is 2. The van der Waals surface area contributed by atoms with Crippen LogP contribution in [-0.4, -0.2) is 41.7 Å². The van der Waals surface area contributed by atoms with Gasteiger partial charge in [-0.15, -0.1) is 0 Å². The van der Waals surface area contributed by atoms with Gasteiger partial charge in [0, 0.05) is 18.7 Å². The molecule has 1 amide bonds. The maximum atomic E-state index is 12.7. The fraction of sp³-hybridized carbons (Fsp3) is 0.235. The number of methoxy groups -OCH3 is 1. The van der Waals surface area contributed by atoms with Crippen molar-refractivity contribution in [3.63, 3.8) is 0 Å². The first-order valence-corrected chi connectivity index (χ1v) is 9.25. The van der Waals surface area contributed by atoms with Crippen molar-refractivity contribution in [1.82, 2.24) is 5.32 Å². The molecule has 2 N–H and O–H groups in total. The van der Waals surface area contributed by atoms with E-state index in [1.165, 1.54) is 38.4 Å². The van der Waals surface area contributed by atoms with E-state index >= 15 is 0 Å². The van der Waals surface area contributed by atoms with E-state index in [1.54, 1.807) is 12.1 Å². The van der Waals surface area contributed by atoms with Crippen molar-refractivity contribution in [2.75, 3.05) is 32.1 Å². The van der Waals surface area contributed by atoms with E-state index < -0.39 is 10.0 Å².